The molecule has 3 aromatic rings. The minimum atomic E-state index is -0.426. The number of aromatic nitrogens is 4. The van der Waals surface area contributed by atoms with E-state index in [0.717, 1.165) is 0 Å². The van der Waals surface area contributed by atoms with Gasteiger partial charge in [-0.05, 0) is 30.3 Å². The van der Waals surface area contributed by atoms with E-state index in [-0.39, 0.29) is 18.4 Å². The van der Waals surface area contributed by atoms with Crippen LogP contribution in [0.15, 0.2) is 42.6 Å². The number of H-pyrrole nitrogens is 1. The van der Waals surface area contributed by atoms with Crippen LogP contribution in [-0.2, 0) is 6.54 Å². The number of benzene rings is 1. The van der Waals surface area contributed by atoms with Gasteiger partial charge in [0, 0.05) is 23.4 Å². The molecule has 0 aliphatic rings. The summed E-state index contributed by atoms with van der Waals surface area (Å²) >= 11 is 5.78. The van der Waals surface area contributed by atoms with E-state index in [2.05, 4.69) is 36.1 Å². The lowest BCUT2D eigenvalue weighted by Crippen LogP contribution is -2.28. The Morgan fingerprint density at radius 1 is 1.17 bits per heavy atom. The minimum Gasteiger partial charge on any atom is -0.331 e. The van der Waals surface area contributed by atoms with E-state index in [0.29, 0.717) is 33.7 Å². The van der Waals surface area contributed by atoms with Crippen molar-refractivity contribution in [1.29, 1.82) is 0 Å². The molecule has 3 rings (SSSR count). The summed E-state index contributed by atoms with van der Waals surface area (Å²) in [5, 5.41) is 15.4. The zero-order chi connectivity index (χ0) is 20.8. The van der Waals surface area contributed by atoms with Crippen LogP contribution < -0.4 is 16.0 Å². The van der Waals surface area contributed by atoms with Crippen LogP contribution in [0.25, 0.3) is 0 Å². The van der Waals surface area contributed by atoms with Crippen molar-refractivity contribution in [3.63, 3.8) is 0 Å². The predicted molar refractivity (Wildman–Crippen MR) is 110 cm³/mol. The second-order valence-electron chi connectivity index (χ2n) is 6.50. The molecule has 0 aliphatic carbocycles. The van der Waals surface area contributed by atoms with Gasteiger partial charge in [0.1, 0.15) is 11.6 Å². The average Bonchev–Trinajstić information content (AvgIpc) is 3.18. The van der Waals surface area contributed by atoms with Crippen molar-refractivity contribution < 1.29 is 9.59 Å². The van der Waals surface area contributed by atoms with Crippen LogP contribution in [0.4, 0.5) is 16.3 Å². The third-order valence-electron chi connectivity index (χ3n) is 3.83. The van der Waals surface area contributed by atoms with Crippen molar-refractivity contribution in [2.45, 2.75) is 26.3 Å². The van der Waals surface area contributed by atoms with Crippen LogP contribution >= 0.6 is 11.6 Å². The van der Waals surface area contributed by atoms with Gasteiger partial charge >= 0.3 is 6.03 Å². The largest absolute Gasteiger partial charge is 0.331 e. The monoisotopic (exact) mass is 413 g/mol. The minimum absolute atomic E-state index is 0.200. The summed E-state index contributed by atoms with van der Waals surface area (Å²) in [6, 6.07) is 9.36. The van der Waals surface area contributed by atoms with Gasteiger partial charge in [0.25, 0.3) is 5.91 Å². The maximum Gasteiger partial charge on any atom is 0.319 e. The Morgan fingerprint density at radius 2 is 2.00 bits per heavy atom. The molecule has 0 fully saturated rings. The van der Waals surface area contributed by atoms with Crippen molar-refractivity contribution in [2.75, 3.05) is 10.6 Å². The van der Waals surface area contributed by atoms with E-state index in [1.54, 1.807) is 36.4 Å². The fourth-order valence-corrected chi connectivity index (χ4v) is 2.47. The first-order valence-corrected chi connectivity index (χ1v) is 9.27. The second kappa shape index (κ2) is 9.16. The number of nitrogens with zero attached hydrogens (tertiary/aromatic N) is 3. The number of carbonyl (C=O) groups excluding carboxylic acids is 2. The molecule has 2 aromatic heterocycles. The molecule has 0 saturated carbocycles. The molecule has 150 valence electrons. The SMILES string of the molecule is CC(C)c1n[nH]c(CNC(=O)Nc2cccc(C(=O)Nc3ccc(Cl)cn3)c2)n1. The molecule has 9 nitrogen and oxygen atoms in total. The maximum atomic E-state index is 12.4. The van der Waals surface area contributed by atoms with E-state index >= 15 is 0 Å². The number of hydrogen-bond acceptors (Lipinski definition) is 5. The van der Waals surface area contributed by atoms with E-state index in [4.69, 9.17) is 11.6 Å². The fraction of sp³-hybridized carbons (Fsp3) is 0.211. The summed E-state index contributed by atoms with van der Waals surface area (Å²) in [6.07, 6.45) is 1.44. The quantitative estimate of drug-likeness (QED) is 0.491. The number of aromatic amines is 1. The van der Waals surface area contributed by atoms with Crippen LogP contribution in [0.1, 0.15) is 41.8 Å². The van der Waals surface area contributed by atoms with E-state index in [9.17, 15) is 9.59 Å². The molecular weight excluding hydrogens is 394 g/mol. The Hall–Kier alpha value is -3.46. The number of anilines is 2. The topological polar surface area (TPSA) is 125 Å². The molecule has 0 unspecified atom stereocenters. The van der Waals surface area contributed by atoms with Gasteiger partial charge < -0.3 is 16.0 Å². The normalized spacial score (nSPS) is 10.6. The van der Waals surface area contributed by atoms with Crippen molar-refractivity contribution in [3.05, 3.63) is 64.8 Å². The van der Waals surface area contributed by atoms with Gasteiger partial charge in [-0.15, -0.1) is 0 Å². The summed E-state index contributed by atoms with van der Waals surface area (Å²) in [5.41, 5.74) is 0.844. The third kappa shape index (κ3) is 5.76. The van der Waals surface area contributed by atoms with Gasteiger partial charge in [-0.3, -0.25) is 9.89 Å². The number of hydrogen-bond donors (Lipinski definition) is 4. The van der Waals surface area contributed by atoms with Gasteiger partial charge in [0.2, 0.25) is 0 Å². The van der Waals surface area contributed by atoms with Crippen LogP contribution in [0.5, 0.6) is 0 Å². The number of pyridine rings is 1. The number of urea groups is 1. The molecule has 1 aromatic carbocycles. The molecule has 10 heteroatoms. The number of rotatable bonds is 6. The molecule has 0 bridgehead atoms. The lowest BCUT2D eigenvalue weighted by atomic mass is 10.2. The summed E-state index contributed by atoms with van der Waals surface area (Å²) in [5.74, 6) is 1.48. The van der Waals surface area contributed by atoms with Gasteiger partial charge in [-0.25, -0.2) is 14.8 Å². The van der Waals surface area contributed by atoms with Crippen LogP contribution in [0, 0.1) is 0 Å². The van der Waals surface area contributed by atoms with Crippen LogP contribution in [0.3, 0.4) is 0 Å². The summed E-state index contributed by atoms with van der Waals surface area (Å²) in [7, 11) is 0. The predicted octanol–water partition coefficient (Wildman–Crippen LogP) is 3.55. The number of amides is 3. The summed E-state index contributed by atoms with van der Waals surface area (Å²) in [4.78, 5) is 32.8. The van der Waals surface area contributed by atoms with Crippen molar-refractivity contribution >= 4 is 35.0 Å². The summed E-state index contributed by atoms with van der Waals surface area (Å²) in [6.45, 7) is 4.17. The Balaban J connectivity index is 1.56. The second-order valence-corrected chi connectivity index (χ2v) is 6.94. The molecule has 0 radical (unpaired) electrons. The first-order valence-electron chi connectivity index (χ1n) is 8.89. The molecule has 2 heterocycles. The Kier molecular flexibility index (Phi) is 6.40. The van der Waals surface area contributed by atoms with E-state index < -0.39 is 6.03 Å². The number of halogens is 1. The van der Waals surface area contributed by atoms with E-state index in [1.165, 1.54) is 6.20 Å². The molecular formula is C19H20ClN7O2. The lowest BCUT2D eigenvalue weighted by Gasteiger charge is -2.09. The summed E-state index contributed by atoms with van der Waals surface area (Å²) < 4.78 is 0. The number of nitrogens with one attached hydrogen (secondary N) is 4. The van der Waals surface area contributed by atoms with Crippen LogP contribution in [-0.4, -0.2) is 32.1 Å². The molecule has 3 amide bonds. The molecule has 0 aliphatic heterocycles. The van der Waals surface area contributed by atoms with Gasteiger partial charge in [0.05, 0.1) is 11.6 Å². The average molecular weight is 414 g/mol. The number of carbonyl (C=O) groups is 2. The highest BCUT2D eigenvalue weighted by Crippen LogP contribution is 2.14. The Morgan fingerprint density at radius 3 is 2.69 bits per heavy atom. The van der Waals surface area contributed by atoms with E-state index in [1.807, 2.05) is 13.8 Å². The first-order chi connectivity index (χ1) is 13.9. The molecule has 29 heavy (non-hydrogen) atoms. The van der Waals surface area contributed by atoms with Crippen LogP contribution in [0.2, 0.25) is 5.02 Å². The standard InChI is InChI=1S/C19H20ClN7O2/c1-11(2)17-24-16(26-27-17)10-22-19(29)23-14-5-3-4-12(8-14)18(28)25-15-7-6-13(20)9-21-15/h3-9,11H,10H2,1-2H3,(H,21,25,28)(H2,22,23,29)(H,24,26,27). The zero-order valence-corrected chi connectivity index (χ0v) is 16.6. The fourth-order valence-electron chi connectivity index (χ4n) is 2.36. The van der Waals surface area contributed by atoms with Gasteiger partial charge in [0.15, 0.2) is 5.82 Å². The maximum absolute atomic E-state index is 12.4. The lowest BCUT2D eigenvalue weighted by molar-refractivity contribution is 0.102. The van der Waals surface area contributed by atoms with Gasteiger partial charge in [-0.2, -0.15) is 5.10 Å². The Bertz CT molecular complexity index is 1000. The van der Waals surface area contributed by atoms with Crippen molar-refractivity contribution in [2.24, 2.45) is 0 Å². The highest BCUT2D eigenvalue weighted by Gasteiger charge is 2.10. The smallest absolute Gasteiger partial charge is 0.319 e. The molecule has 0 spiro atoms. The van der Waals surface area contributed by atoms with Gasteiger partial charge in [-0.1, -0.05) is 31.5 Å². The highest BCUT2D eigenvalue weighted by molar-refractivity contribution is 6.30. The van der Waals surface area contributed by atoms with Crippen molar-refractivity contribution in [3.8, 4) is 0 Å². The Labute approximate surface area is 172 Å². The molecule has 0 atom stereocenters. The molecule has 4 N–H and O–H groups in total. The third-order valence-corrected chi connectivity index (χ3v) is 4.06. The first kappa shape index (κ1) is 20.3. The van der Waals surface area contributed by atoms with Crippen molar-refractivity contribution in [1.82, 2.24) is 25.5 Å². The molecule has 0 saturated heterocycles. The zero-order valence-electron chi connectivity index (χ0n) is 15.9. The highest BCUT2D eigenvalue weighted by atomic mass is 35.5.